The molecule has 2 aromatic carbocycles. The molecule has 2 atom stereocenters. The van der Waals surface area contributed by atoms with Gasteiger partial charge in [0.1, 0.15) is 11.9 Å². The molecule has 190 valence electrons. The van der Waals surface area contributed by atoms with Crippen molar-refractivity contribution in [2.75, 3.05) is 31.6 Å². The van der Waals surface area contributed by atoms with Crippen molar-refractivity contribution < 1.29 is 27.8 Å². The molecule has 4 rings (SSSR count). The van der Waals surface area contributed by atoms with Crippen molar-refractivity contribution in [1.29, 1.82) is 0 Å². The maximum absolute atomic E-state index is 14.0. The van der Waals surface area contributed by atoms with Crippen LogP contribution in [0.1, 0.15) is 28.3 Å². The quantitative estimate of drug-likeness (QED) is 0.459. The number of pyridine rings is 1. The van der Waals surface area contributed by atoms with Crippen LogP contribution in [0.2, 0.25) is 0 Å². The Morgan fingerprint density at radius 2 is 1.86 bits per heavy atom. The fourth-order valence-electron chi connectivity index (χ4n) is 4.55. The van der Waals surface area contributed by atoms with Crippen LogP contribution in [-0.4, -0.2) is 48.8 Å². The van der Waals surface area contributed by atoms with E-state index in [-0.39, 0.29) is 24.2 Å². The average molecular weight is 500 g/mol. The Balaban J connectivity index is 1.60. The van der Waals surface area contributed by atoms with Gasteiger partial charge in [0.15, 0.2) is 0 Å². The first kappa shape index (κ1) is 25.7. The number of hydrogen-bond donors (Lipinski definition) is 2. The largest absolute Gasteiger partial charge is 0.497 e. The van der Waals surface area contributed by atoms with Crippen molar-refractivity contribution in [3.05, 3.63) is 89.2 Å². The van der Waals surface area contributed by atoms with E-state index in [4.69, 9.17) is 4.74 Å². The third kappa shape index (κ3) is 5.68. The second-order valence-electron chi connectivity index (χ2n) is 8.64. The van der Waals surface area contributed by atoms with Gasteiger partial charge < -0.3 is 20.1 Å². The predicted octanol–water partition coefficient (Wildman–Crippen LogP) is 3.98. The number of carbonyl (C=O) groups excluding carboxylic acids is 1. The van der Waals surface area contributed by atoms with Gasteiger partial charge in [0.05, 0.1) is 12.7 Å². The van der Waals surface area contributed by atoms with Gasteiger partial charge >= 0.3 is 6.18 Å². The molecule has 0 saturated carbocycles. The summed E-state index contributed by atoms with van der Waals surface area (Å²) in [5.74, 6) is -0.892. The molecular formula is C27H28F3N3O3. The van der Waals surface area contributed by atoms with Crippen LogP contribution >= 0.6 is 0 Å². The Kier molecular flexibility index (Phi) is 7.91. The van der Waals surface area contributed by atoms with Gasteiger partial charge in [-0.15, -0.1) is 0 Å². The van der Waals surface area contributed by atoms with Crippen LogP contribution in [0.15, 0.2) is 66.9 Å². The van der Waals surface area contributed by atoms with E-state index in [9.17, 15) is 23.1 Å². The summed E-state index contributed by atoms with van der Waals surface area (Å²) in [7, 11) is 1.51. The van der Waals surface area contributed by atoms with Gasteiger partial charge in [0, 0.05) is 49.6 Å². The summed E-state index contributed by atoms with van der Waals surface area (Å²) in [5.41, 5.74) is 0.859. The zero-order valence-corrected chi connectivity index (χ0v) is 19.8. The third-order valence-electron chi connectivity index (χ3n) is 6.41. The lowest BCUT2D eigenvalue weighted by atomic mass is 9.86. The van der Waals surface area contributed by atoms with Crippen LogP contribution in [0.3, 0.4) is 0 Å². The van der Waals surface area contributed by atoms with Crippen LogP contribution < -0.4 is 15.0 Å². The second kappa shape index (κ2) is 11.1. The molecule has 9 heteroatoms. The zero-order valence-electron chi connectivity index (χ0n) is 19.8. The van der Waals surface area contributed by atoms with Crippen molar-refractivity contribution >= 4 is 11.6 Å². The minimum absolute atomic E-state index is 0.00389. The molecule has 0 unspecified atom stereocenters. The van der Waals surface area contributed by atoms with Crippen LogP contribution in [-0.2, 0) is 23.8 Å². The minimum atomic E-state index is -4.60. The molecule has 6 nitrogen and oxygen atoms in total. The number of halogens is 3. The number of rotatable bonds is 8. The first-order valence-electron chi connectivity index (χ1n) is 11.7. The number of anilines is 1. The number of nitrogens with zero attached hydrogens (tertiary/aromatic N) is 2. The Morgan fingerprint density at radius 3 is 2.53 bits per heavy atom. The van der Waals surface area contributed by atoms with E-state index in [1.807, 2.05) is 18.2 Å². The lowest BCUT2D eigenvalue weighted by molar-refractivity contribution is -0.138. The van der Waals surface area contributed by atoms with Crippen molar-refractivity contribution in [1.82, 2.24) is 10.3 Å². The van der Waals surface area contributed by atoms with Crippen molar-refractivity contribution in [3.8, 4) is 5.75 Å². The summed E-state index contributed by atoms with van der Waals surface area (Å²) in [6.45, 7) is 1.04. The average Bonchev–Trinajstić information content (AvgIpc) is 2.98. The topological polar surface area (TPSA) is 74.7 Å². The first-order valence-corrected chi connectivity index (χ1v) is 11.7. The Hall–Kier alpha value is -3.43. The van der Waals surface area contributed by atoms with Crippen LogP contribution in [0.5, 0.6) is 5.75 Å². The molecule has 0 spiro atoms. The van der Waals surface area contributed by atoms with Gasteiger partial charge in [0.2, 0.25) is 0 Å². The van der Waals surface area contributed by atoms with Crippen LogP contribution in [0.4, 0.5) is 18.9 Å². The second-order valence-corrected chi connectivity index (χ2v) is 8.64. The summed E-state index contributed by atoms with van der Waals surface area (Å²) in [6.07, 6.45) is -3.85. The van der Waals surface area contributed by atoms with E-state index >= 15 is 0 Å². The number of aliphatic hydroxyl groups is 1. The number of aliphatic hydroxyl groups excluding tert-OH is 1. The molecule has 0 bridgehead atoms. The van der Waals surface area contributed by atoms with Crippen molar-refractivity contribution in [2.24, 2.45) is 0 Å². The van der Waals surface area contributed by atoms with Gasteiger partial charge in [0.25, 0.3) is 5.91 Å². The maximum atomic E-state index is 14.0. The Labute approximate surface area is 207 Å². The molecule has 1 amide bonds. The summed E-state index contributed by atoms with van der Waals surface area (Å²) < 4.78 is 47.1. The maximum Gasteiger partial charge on any atom is 0.416 e. The highest BCUT2D eigenvalue weighted by atomic mass is 19.4. The Morgan fingerprint density at radius 1 is 1.08 bits per heavy atom. The summed E-state index contributed by atoms with van der Waals surface area (Å²) in [4.78, 5) is 18.9. The standard InChI is InChI=1S/C27H28F3N3O3/c1-36-20-10-8-18(9-11-20)21-17-22-23(27(28,29)30)6-4-7-24(22)33(26(35)25(21)34)16-15-31-14-12-19-5-2-3-13-32-19/h2-11,13,21,25,31,34H,12,14-17H2,1H3/t21-,25+/m0/s1. The van der Waals surface area contributed by atoms with E-state index in [0.29, 0.717) is 30.8 Å². The summed E-state index contributed by atoms with van der Waals surface area (Å²) >= 11 is 0. The Bertz CT molecular complexity index is 1170. The highest BCUT2D eigenvalue weighted by Crippen LogP contribution is 2.42. The van der Waals surface area contributed by atoms with E-state index in [2.05, 4.69) is 10.3 Å². The molecule has 36 heavy (non-hydrogen) atoms. The highest BCUT2D eigenvalue weighted by molar-refractivity contribution is 5.99. The van der Waals surface area contributed by atoms with Gasteiger partial charge in [-0.3, -0.25) is 9.78 Å². The number of carbonyl (C=O) groups is 1. The highest BCUT2D eigenvalue weighted by Gasteiger charge is 2.41. The number of aromatic nitrogens is 1. The summed E-state index contributed by atoms with van der Waals surface area (Å²) in [5, 5.41) is 14.3. The molecule has 2 heterocycles. The van der Waals surface area contributed by atoms with E-state index in [0.717, 1.165) is 11.8 Å². The number of alkyl halides is 3. The SMILES string of the molecule is COc1ccc([C@@H]2Cc3c(cccc3C(F)(F)F)N(CCNCCc3ccccn3)C(=O)[C@@H]2O)cc1. The van der Waals surface area contributed by atoms with Crippen molar-refractivity contribution in [2.45, 2.75) is 31.0 Å². The van der Waals surface area contributed by atoms with Crippen LogP contribution in [0.25, 0.3) is 0 Å². The lowest BCUT2D eigenvalue weighted by Gasteiger charge is -2.26. The molecule has 1 aromatic heterocycles. The normalized spacial score (nSPS) is 18.0. The van der Waals surface area contributed by atoms with Gasteiger partial charge in [-0.25, -0.2) is 0 Å². The molecule has 2 N–H and O–H groups in total. The van der Waals surface area contributed by atoms with Gasteiger partial charge in [-0.2, -0.15) is 13.2 Å². The fraction of sp³-hybridized carbons (Fsp3) is 0.333. The fourth-order valence-corrected chi connectivity index (χ4v) is 4.55. The molecule has 3 aromatic rings. The van der Waals surface area contributed by atoms with Crippen molar-refractivity contribution in [3.63, 3.8) is 0 Å². The number of ether oxygens (including phenoxy) is 1. The number of fused-ring (bicyclic) bond motifs is 1. The zero-order chi connectivity index (χ0) is 25.7. The number of methoxy groups -OCH3 is 1. The number of hydrogen-bond acceptors (Lipinski definition) is 5. The number of amides is 1. The first-order chi connectivity index (χ1) is 17.3. The predicted molar refractivity (Wildman–Crippen MR) is 130 cm³/mol. The minimum Gasteiger partial charge on any atom is -0.497 e. The molecule has 0 radical (unpaired) electrons. The molecule has 1 aliphatic rings. The van der Waals surface area contributed by atoms with E-state index in [1.54, 1.807) is 30.5 Å². The van der Waals surface area contributed by atoms with E-state index in [1.165, 1.54) is 24.1 Å². The monoisotopic (exact) mass is 499 g/mol. The lowest BCUT2D eigenvalue weighted by Crippen LogP contribution is -2.44. The van der Waals surface area contributed by atoms with Gasteiger partial charge in [-0.05, 0) is 53.9 Å². The van der Waals surface area contributed by atoms with Gasteiger partial charge in [-0.1, -0.05) is 24.3 Å². The molecule has 0 fully saturated rings. The molecular weight excluding hydrogens is 471 g/mol. The molecule has 1 aliphatic heterocycles. The number of nitrogens with one attached hydrogen (secondary N) is 1. The smallest absolute Gasteiger partial charge is 0.416 e. The van der Waals surface area contributed by atoms with Crippen LogP contribution in [0, 0.1) is 0 Å². The summed E-state index contributed by atoms with van der Waals surface area (Å²) in [6, 6.07) is 16.1. The van der Waals surface area contributed by atoms with E-state index < -0.39 is 29.7 Å². The molecule has 0 saturated heterocycles. The number of benzene rings is 2. The third-order valence-corrected chi connectivity index (χ3v) is 6.41. The molecule has 0 aliphatic carbocycles.